The third-order valence-corrected chi connectivity index (χ3v) is 2.38. The number of hydrogen-bond acceptors (Lipinski definition) is 4. The van der Waals surface area contributed by atoms with Crippen LogP contribution >= 0.6 is 0 Å². The maximum absolute atomic E-state index is 5.56. The molecule has 2 heterocycles. The molecule has 0 saturated heterocycles. The van der Waals surface area contributed by atoms with Crippen LogP contribution in [-0.2, 0) is 6.54 Å². The Bertz CT molecular complexity index is 465. The Kier molecular flexibility index (Phi) is 3.00. The third-order valence-electron chi connectivity index (χ3n) is 2.38. The molecule has 3 N–H and O–H groups in total. The standard InChI is InChI=1S/C12H14N4/c1-9-6-14-5-4-10(9)7-15-12-3-2-11(13)8-16-12/h2-6,8H,7,13H2,1H3,(H,15,16). The van der Waals surface area contributed by atoms with Gasteiger partial charge in [0.1, 0.15) is 5.82 Å². The highest BCUT2D eigenvalue weighted by Gasteiger charge is 1.98. The summed E-state index contributed by atoms with van der Waals surface area (Å²) >= 11 is 0. The van der Waals surface area contributed by atoms with Crippen LogP contribution in [0.2, 0.25) is 0 Å². The minimum atomic E-state index is 0.672. The number of nitrogens with one attached hydrogen (secondary N) is 1. The van der Waals surface area contributed by atoms with E-state index < -0.39 is 0 Å². The summed E-state index contributed by atoms with van der Waals surface area (Å²) < 4.78 is 0. The first kappa shape index (κ1) is 10.4. The lowest BCUT2D eigenvalue weighted by molar-refractivity contribution is 1.07. The Hall–Kier alpha value is -2.10. The Morgan fingerprint density at radius 1 is 1.25 bits per heavy atom. The van der Waals surface area contributed by atoms with Crippen LogP contribution in [0.4, 0.5) is 11.5 Å². The molecule has 0 spiro atoms. The van der Waals surface area contributed by atoms with Gasteiger partial charge in [0.25, 0.3) is 0 Å². The van der Waals surface area contributed by atoms with E-state index in [0.29, 0.717) is 5.69 Å². The average molecular weight is 214 g/mol. The summed E-state index contributed by atoms with van der Waals surface area (Å²) in [5, 5.41) is 3.23. The number of nitrogen functional groups attached to an aromatic ring is 1. The molecular formula is C12H14N4. The van der Waals surface area contributed by atoms with Gasteiger partial charge >= 0.3 is 0 Å². The van der Waals surface area contributed by atoms with E-state index in [1.165, 1.54) is 11.1 Å². The van der Waals surface area contributed by atoms with Crippen LogP contribution in [-0.4, -0.2) is 9.97 Å². The van der Waals surface area contributed by atoms with Gasteiger partial charge < -0.3 is 11.1 Å². The first-order chi connectivity index (χ1) is 7.75. The van der Waals surface area contributed by atoms with Crippen molar-refractivity contribution in [2.45, 2.75) is 13.5 Å². The van der Waals surface area contributed by atoms with Gasteiger partial charge in [-0.2, -0.15) is 0 Å². The van der Waals surface area contributed by atoms with Crippen molar-refractivity contribution < 1.29 is 0 Å². The normalized spacial score (nSPS) is 10.1. The lowest BCUT2D eigenvalue weighted by atomic mass is 10.1. The number of nitrogens with zero attached hydrogens (tertiary/aromatic N) is 2. The molecule has 0 bridgehead atoms. The lowest BCUT2D eigenvalue weighted by Crippen LogP contribution is -2.03. The molecule has 0 aromatic carbocycles. The minimum absolute atomic E-state index is 0.672. The van der Waals surface area contributed by atoms with E-state index in [1.807, 2.05) is 31.3 Å². The van der Waals surface area contributed by atoms with Crippen molar-refractivity contribution in [3.63, 3.8) is 0 Å². The average Bonchev–Trinajstić information content (AvgIpc) is 2.30. The predicted molar refractivity (Wildman–Crippen MR) is 65.0 cm³/mol. The molecular weight excluding hydrogens is 200 g/mol. The summed E-state index contributed by atoms with van der Waals surface area (Å²) in [5.41, 5.74) is 8.62. The van der Waals surface area contributed by atoms with Crippen molar-refractivity contribution in [1.82, 2.24) is 9.97 Å². The zero-order chi connectivity index (χ0) is 11.4. The highest BCUT2D eigenvalue weighted by molar-refractivity contribution is 5.44. The molecule has 0 unspecified atom stereocenters. The first-order valence-corrected chi connectivity index (χ1v) is 5.10. The number of hydrogen-bond donors (Lipinski definition) is 2. The summed E-state index contributed by atoms with van der Waals surface area (Å²) in [4.78, 5) is 8.22. The molecule has 16 heavy (non-hydrogen) atoms. The van der Waals surface area contributed by atoms with Gasteiger partial charge in [-0.1, -0.05) is 0 Å². The Balaban J connectivity index is 2.02. The summed E-state index contributed by atoms with van der Waals surface area (Å²) in [6.07, 6.45) is 5.29. The smallest absolute Gasteiger partial charge is 0.126 e. The minimum Gasteiger partial charge on any atom is -0.397 e. The van der Waals surface area contributed by atoms with Crippen LogP contribution in [0.25, 0.3) is 0 Å². The largest absolute Gasteiger partial charge is 0.397 e. The zero-order valence-electron chi connectivity index (χ0n) is 9.14. The van der Waals surface area contributed by atoms with Gasteiger partial charge in [0.05, 0.1) is 11.9 Å². The van der Waals surface area contributed by atoms with Gasteiger partial charge in [-0.15, -0.1) is 0 Å². The van der Waals surface area contributed by atoms with Gasteiger partial charge in [-0.25, -0.2) is 4.98 Å². The highest BCUT2D eigenvalue weighted by atomic mass is 15.0. The van der Waals surface area contributed by atoms with Gasteiger partial charge in [0.15, 0.2) is 0 Å². The van der Waals surface area contributed by atoms with Crippen LogP contribution < -0.4 is 11.1 Å². The second-order valence-corrected chi connectivity index (χ2v) is 3.63. The van der Waals surface area contributed by atoms with Crippen molar-refractivity contribution in [3.8, 4) is 0 Å². The maximum atomic E-state index is 5.56. The number of pyridine rings is 2. The Labute approximate surface area is 94.5 Å². The van der Waals surface area contributed by atoms with Crippen LogP contribution in [0.5, 0.6) is 0 Å². The molecule has 0 fully saturated rings. The molecule has 2 rings (SSSR count). The van der Waals surface area contributed by atoms with E-state index in [9.17, 15) is 0 Å². The van der Waals surface area contributed by atoms with Gasteiger partial charge in [-0.05, 0) is 36.2 Å². The molecule has 0 aliphatic carbocycles. The number of rotatable bonds is 3. The zero-order valence-corrected chi connectivity index (χ0v) is 9.14. The fraction of sp³-hybridized carbons (Fsp3) is 0.167. The van der Waals surface area contributed by atoms with Crippen molar-refractivity contribution in [2.75, 3.05) is 11.1 Å². The molecule has 0 aliphatic rings. The fourth-order valence-corrected chi connectivity index (χ4v) is 1.40. The third kappa shape index (κ3) is 2.48. The maximum Gasteiger partial charge on any atom is 0.126 e. The molecule has 2 aromatic heterocycles. The summed E-state index contributed by atoms with van der Waals surface area (Å²) in [5.74, 6) is 0.824. The van der Waals surface area contributed by atoms with E-state index in [1.54, 1.807) is 12.4 Å². The highest BCUT2D eigenvalue weighted by Crippen LogP contribution is 2.10. The van der Waals surface area contributed by atoms with Crippen LogP contribution in [0.3, 0.4) is 0 Å². The van der Waals surface area contributed by atoms with Crippen molar-refractivity contribution in [2.24, 2.45) is 0 Å². The molecule has 0 aliphatic heterocycles. The van der Waals surface area contributed by atoms with Crippen LogP contribution in [0, 0.1) is 6.92 Å². The predicted octanol–water partition coefficient (Wildman–Crippen LogP) is 1.98. The van der Waals surface area contributed by atoms with E-state index in [0.717, 1.165) is 12.4 Å². The SMILES string of the molecule is Cc1cnccc1CNc1ccc(N)cn1. The number of anilines is 2. The van der Waals surface area contributed by atoms with E-state index in [2.05, 4.69) is 15.3 Å². The molecule has 4 heteroatoms. The molecule has 2 aromatic rings. The molecule has 0 radical (unpaired) electrons. The molecule has 82 valence electrons. The number of aromatic nitrogens is 2. The summed E-state index contributed by atoms with van der Waals surface area (Å²) in [6, 6.07) is 5.69. The Morgan fingerprint density at radius 3 is 2.81 bits per heavy atom. The van der Waals surface area contributed by atoms with Crippen molar-refractivity contribution in [3.05, 3.63) is 47.9 Å². The molecule has 4 nitrogen and oxygen atoms in total. The van der Waals surface area contributed by atoms with Crippen molar-refractivity contribution >= 4 is 11.5 Å². The quantitative estimate of drug-likeness (QED) is 0.820. The van der Waals surface area contributed by atoms with Crippen LogP contribution in [0.1, 0.15) is 11.1 Å². The topological polar surface area (TPSA) is 63.8 Å². The summed E-state index contributed by atoms with van der Waals surface area (Å²) in [6.45, 7) is 2.78. The summed E-state index contributed by atoms with van der Waals surface area (Å²) in [7, 11) is 0. The number of aryl methyl sites for hydroxylation is 1. The second kappa shape index (κ2) is 4.61. The van der Waals surface area contributed by atoms with E-state index in [-0.39, 0.29) is 0 Å². The molecule has 0 amide bonds. The van der Waals surface area contributed by atoms with Crippen molar-refractivity contribution in [1.29, 1.82) is 0 Å². The van der Waals surface area contributed by atoms with Gasteiger partial charge in [-0.3, -0.25) is 4.98 Å². The van der Waals surface area contributed by atoms with Gasteiger partial charge in [0, 0.05) is 18.9 Å². The number of nitrogens with two attached hydrogens (primary N) is 1. The fourth-order valence-electron chi connectivity index (χ4n) is 1.40. The second-order valence-electron chi connectivity index (χ2n) is 3.63. The molecule has 0 saturated carbocycles. The van der Waals surface area contributed by atoms with Crippen LogP contribution in [0.15, 0.2) is 36.8 Å². The lowest BCUT2D eigenvalue weighted by Gasteiger charge is -2.07. The monoisotopic (exact) mass is 214 g/mol. The van der Waals surface area contributed by atoms with E-state index in [4.69, 9.17) is 5.73 Å². The first-order valence-electron chi connectivity index (χ1n) is 5.10. The van der Waals surface area contributed by atoms with E-state index >= 15 is 0 Å². The Morgan fingerprint density at radius 2 is 2.12 bits per heavy atom. The van der Waals surface area contributed by atoms with Gasteiger partial charge in [0.2, 0.25) is 0 Å². The molecule has 0 atom stereocenters.